The van der Waals surface area contributed by atoms with Crippen LogP contribution in [0.3, 0.4) is 0 Å². The molecule has 9 heteroatoms. The first-order valence-corrected chi connectivity index (χ1v) is 12.8. The minimum atomic E-state index is -3.68. The van der Waals surface area contributed by atoms with Crippen LogP contribution in [0.5, 0.6) is 5.75 Å². The standard InChI is InChI=1S/C22H24BrClN2O4S/c1-14-11-16-12-17(23)3-5-20(16)26(14)22(27)15-7-9-25(10-8-15)31(28,29)18-4-6-21(30-2)19(24)13-18/h3-6,12-15H,7-11H2,1-2H3/t14-/m0/s1. The third-order valence-corrected chi connectivity index (χ3v) is 8.74. The smallest absolute Gasteiger partial charge is 0.243 e. The predicted octanol–water partition coefficient (Wildman–Crippen LogP) is 4.49. The number of hydrogen-bond donors (Lipinski definition) is 0. The number of ether oxygens (including phenoxy) is 1. The molecule has 2 aromatic rings. The Kier molecular flexibility index (Phi) is 6.36. The maximum atomic E-state index is 13.3. The molecule has 166 valence electrons. The molecule has 0 aromatic heterocycles. The zero-order valence-electron chi connectivity index (χ0n) is 17.3. The SMILES string of the molecule is COc1ccc(S(=O)(=O)N2CCC(C(=O)N3c4ccc(Br)cc4C[C@@H]3C)CC2)cc1Cl. The highest BCUT2D eigenvalue weighted by Gasteiger charge is 2.38. The van der Waals surface area contributed by atoms with Gasteiger partial charge in [0.2, 0.25) is 15.9 Å². The van der Waals surface area contributed by atoms with Crippen LogP contribution in [0, 0.1) is 5.92 Å². The minimum absolute atomic E-state index is 0.0816. The summed E-state index contributed by atoms with van der Waals surface area (Å²) in [5.74, 6) is 0.318. The number of sulfonamides is 1. The molecule has 1 amide bonds. The molecular weight excluding hydrogens is 504 g/mol. The molecular formula is C22H24BrClN2O4S. The van der Waals surface area contributed by atoms with Gasteiger partial charge in [-0.2, -0.15) is 4.31 Å². The second-order valence-corrected chi connectivity index (χ2v) is 11.3. The maximum Gasteiger partial charge on any atom is 0.243 e. The fraction of sp³-hybridized carbons (Fsp3) is 0.409. The Balaban J connectivity index is 1.46. The summed E-state index contributed by atoms with van der Waals surface area (Å²) in [6, 6.07) is 10.6. The third kappa shape index (κ3) is 4.23. The monoisotopic (exact) mass is 526 g/mol. The quantitative estimate of drug-likeness (QED) is 0.588. The zero-order chi connectivity index (χ0) is 22.3. The van der Waals surface area contributed by atoms with Gasteiger partial charge in [0.05, 0.1) is 17.0 Å². The first kappa shape index (κ1) is 22.6. The second-order valence-electron chi connectivity index (χ2n) is 8.01. The Morgan fingerprint density at radius 3 is 2.52 bits per heavy atom. The van der Waals surface area contributed by atoms with Crippen molar-refractivity contribution in [3.8, 4) is 5.75 Å². The molecule has 1 saturated heterocycles. The third-order valence-electron chi connectivity index (χ3n) is 6.06. The van der Waals surface area contributed by atoms with Gasteiger partial charge < -0.3 is 9.64 Å². The van der Waals surface area contributed by atoms with E-state index in [9.17, 15) is 13.2 Å². The number of hydrogen-bond acceptors (Lipinski definition) is 4. The molecule has 1 fully saturated rings. The molecule has 0 spiro atoms. The predicted molar refractivity (Wildman–Crippen MR) is 124 cm³/mol. The highest BCUT2D eigenvalue weighted by atomic mass is 79.9. The molecule has 4 rings (SSSR count). The lowest BCUT2D eigenvalue weighted by molar-refractivity contribution is -0.123. The molecule has 1 atom stereocenters. The number of rotatable bonds is 4. The van der Waals surface area contributed by atoms with Crippen LogP contribution in [0.15, 0.2) is 45.8 Å². The van der Waals surface area contributed by atoms with Crippen molar-refractivity contribution in [3.05, 3.63) is 51.5 Å². The van der Waals surface area contributed by atoms with Crippen LogP contribution in [-0.2, 0) is 21.2 Å². The van der Waals surface area contributed by atoms with E-state index in [0.717, 1.165) is 22.1 Å². The molecule has 0 aliphatic carbocycles. The van der Waals surface area contributed by atoms with Gasteiger partial charge in [-0.3, -0.25) is 4.79 Å². The summed E-state index contributed by atoms with van der Waals surface area (Å²) in [6.45, 7) is 2.66. The summed E-state index contributed by atoms with van der Waals surface area (Å²) in [4.78, 5) is 15.3. The van der Waals surface area contributed by atoms with E-state index < -0.39 is 10.0 Å². The van der Waals surface area contributed by atoms with E-state index >= 15 is 0 Å². The van der Waals surface area contributed by atoms with Gasteiger partial charge in [-0.25, -0.2) is 8.42 Å². The first-order valence-electron chi connectivity index (χ1n) is 10.2. The van der Waals surface area contributed by atoms with Crippen molar-refractivity contribution >= 4 is 49.1 Å². The Labute approximate surface area is 196 Å². The number of amides is 1. The topological polar surface area (TPSA) is 66.9 Å². The van der Waals surface area contributed by atoms with E-state index in [2.05, 4.69) is 28.9 Å². The molecule has 0 N–H and O–H groups in total. The van der Waals surface area contributed by atoms with E-state index in [4.69, 9.17) is 16.3 Å². The highest BCUT2D eigenvalue weighted by Crippen LogP contribution is 2.37. The van der Waals surface area contributed by atoms with Crippen LogP contribution in [0.1, 0.15) is 25.3 Å². The van der Waals surface area contributed by atoms with Gasteiger partial charge in [-0.1, -0.05) is 27.5 Å². The summed E-state index contributed by atoms with van der Waals surface area (Å²) in [5, 5.41) is 0.252. The van der Waals surface area contributed by atoms with E-state index in [1.165, 1.54) is 23.5 Å². The van der Waals surface area contributed by atoms with Crippen molar-refractivity contribution < 1.29 is 17.9 Å². The summed E-state index contributed by atoms with van der Waals surface area (Å²) in [6.07, 6.45) is 1.82. The Morgan fingerprint density at radius 2 is 1.87 bits per heavy atom. The number of fused-ring (bicyclic) bond motifs is 1. The summed E-state index contributed by atoms with van der Waals surface area (Å²) < 4.78 is 33.6. The average molecular weight is 528 g/mol. The van der Waals surface area contributed by atoms with Crippen molar-refractivity contribution in [2.75, 3.05) is 25.1 Å². The normalized spacial score (nSPS) is 20.0. The van der Waals surface area contributed by atoms with Crippen LogP contribution in [0.4, 0.5) is 5.69 Å². The molecule has 2 aliphatic heterocycles. The Morgan fingerprint density at radius 1 is 1.16 bits per heavy atom. The van der Waals surface area contributed by atoms with Crippen molar-refractivity contribution in [2.45, 2.75) is 37.1 Å². The maximum absolute atomic E-state index is 13.3. The number of piperidine rings is 1. The van der Waals surface area contributed by atoms with Crippen LogP contribution in [-0.4, -0.2) is 44.9 Å². The van der Waals surface area contributed by atoms with E-state index in [0.29, 0.717) is 31.7 Å². The number of benzene rings is 2. The van der Waals surface area contributed by atoms with Crippen molar-refractivity contribution in [3.63, 3.8) is 0 Å². The summed E-state index contributed by atoms with van der Waals surface area (Å²) in [7, 11) is -2.20. The molecule has 0 unspecified atom stereocenters. The number of carbonyl (C=O) groups is 1. The van der Waals surface area contributed by atoms with Gasteiger partial charge in [0, 0.05) is 35.2 Å². The molecule has 2 aromatic carbocycles. The average Bonchev–Trinajstić information content (AvgIpc) is 3.07. The number of carbonyl (C=O) groups excluding carboxylic acids is 1. The second kappa shape index (κ2) is 8.73. The minimum Gasteiger partial charge on any atom is -0.495 e. The number of halogens is 2. The van der Waals surface area contributed by atoms with Gasteiger partial charge in [0.1, 0.15) is 5.75 Å². The summed E-state index contributed by atoms with van der Waals surface area (Å²) >= 11 is 9.61. The van der Waals surface area contributed by atoms with E-state index in [-0.39, 0.29) is 27.8 Å². The highest BCUT2D eigenvalue weighted by molar-refractivity contribution is 9.10. The Hall–Kier alpha value is -1.61. The van der Waals surface area contributed by atoms with Gasteiger partial charge in [0.25, 0.3) is 0 Å². The Bertz CT molecular complexity index is 1120. The van der Waals surface area contributed by atoms with Crippen molar-refractivity contribution in [2.24, 2.45) is 5.92 Å². The molecule has 6 nitrogen and oxygen atoms in total. The molecule has 2 heterocycles. The molecule has 2 aliphatic rings. The van der Waals surface area contributed by atoms with Gasteiger partial charge in [0.15, 0.2) is 0 Å². The van der Waals surface area contributed by atoms with E-state index in [1.807, 2.05) is 17.0 Å². The van der Waals surface area contributed by atoms with Crippen LogP contribution < -0.4 is 9.64 Å². The van der Waals surface area contributed by atoms with Crippen LogP contribution in [0.2, 0.25) is 5.02 Å². The van der Waals surface area contributed by atoms with Gasteiger partial charge >= 0.3 is 0 Å². The zero-order valence-corrected chi connectivity index (χ0v) is 20.5. The van der Waals surface area contributed by atoms with Crippen molar-refractivity contribution in [1.82, 2.24) is 4.31 Å². The van der Waals surface area contributed by atoms with E-state index in [1.54, 1.807) is 6.07 Å². The lowest BCUT2D eigenvalue weighted by atomic mass is 9.96. The van der Waals surface area contributed by atoms with Gasteiger partial charge in [-0.05, 0) is 68.1 Å². The fourth-order valence-corrected chi connectivity index (χ4v) is 6.66. The lowest BCUT2D eigenvalue weighted by Gasteiger charge is -2.34. The largest absolute Gasteiger partial charge is 0.495 e. The van der Waals surface area contributed by atoms with Crippen LogP contribution >= 0.6 is 27.5 Å². The molecule has 0 radical (unpaired) electrons. The first-order chi connectivity index (χ1) is 14.7. The molecule has 0 saturated carbocycles. The fourth-order valence-electron chi connectivity index (χ4n) is 4.43. The number of anilines is 1. The molecule has 31 heavy (non-hydrogen) atoms. The molecule has 0 bridgehead atoms. The summed E-state index contributed by atoms with van der Waals surface area (Å²) in [5.41, 5.74) is 2.12. The lowest BCUT2D eigenvalue weighted by Crippen LogP contribution is -2.46. The number of methoxy groups -OCH3 is 1. The number of nitrogens with zero attached hydrogens (tertiary/aromatic N) is 2. The van der Waals surface area contributed by atoms with Crippen LogP contribution in [0.25, 0.3) is 0 Å². The van der Waals surface area contributed by atoms with Gasteiger partial charge in [-0.15, -0.1) is 0 Å². The van der Waals surface area contributed by atoms with Crippen molar-refractivity contribution in [1.29, 1.82) is 0 Å².